The van der Waals surface area contributed by atoms with E-state index in [2.05, 4.69) is 59.2 Å². The monoisotopic (exact) mass is 518 g/mol. The van der Waals surface area contributed by atoms with Crippen LogP contribution in [-0.2, 0) is 12.6 Å². The van der Waals surface area contributed by atoms with Crippen molar-refractivity contribution in [2.75, 3.05) is 57.0 Å². The molecule has 1 N–H and O–H groups in total. The first-order valence-electron chi connectivity index (χ1n) is 13.2. The van der Waals surface area contributed by atoms with Crippen molar-refractivity contribution in [3.8, 4) is 0 Å². The van der Waals surface area contributed by atoms with E-state index in [9.17, 15) is 13.2 Å². The Morgan fingerprint density at radius 1 is 1.03 bits per heavy atom. The van der Waals surface area contributed by atoms with Crippen molar-refractivity contribution in [3.05, 3.63) is 47.0 Å². The summed E-state index contributed by atoms with van der Waals surface area (Å²) in [5, 5.41) is 3.53. The molecule has 0 bridgehead atoms. The van der Waals surface area contributed by atoms with Crippen molar-refractivity contribution in [3.63, 3.8) is 0 Å². The van der Waals surface area contributed by atoms with Gasteiger partial charge in [-0.3, -0.25) is 0 Å². The Bertz CT molecular complexity index is 1080. The molecule has 196 valence electrons. The number of anilines is 2. The number of nitrogens with one attached hydrogen (secondary N) is 1. The van der Waals surface area contributed by atoms with E-state index < -0.39 is 11.7 Å². The largest absolute Gasteiger partial charge is 0.416 e. The van der Waals surface area contributed by atoms with Crippen LogP contribution in [0.15, 0.2) is 40.1 Å². The molecule has 2 fully saturated rings. The minimum atomic E-state index is -4.37. The van der Waals surface area contributed by atoms with Crippen LogP contribution in [0, 0.1) is 0 Å². The summed E-state index contributed by atoms with van der Waals surface area (Å²) in [6, 6.07) is 9.96. The number of likely N-dealkylation sites (N-methyl/N-ethyl adjacent to an activating group) is 1. The molecule has 2 aromatic rings. The number of alkyl halides is 3. The first-order valence-corrected chi connectivity index (χ1v) is 14.0. The van der Waals surface area contributed by atoms with Gasteiger partial charge in [-0.1, -0.05) is 24.8 Å². The van der Waals surface area contributed by atoms with Crippen molar-refractivity contribution < 1.29 is 13.2 Å². The summed E-state index contributed by atoms with van der Waals surface area (Å²) in [5.74, 6) is 0. The number of rotatable bonds is 6. The van der Waals surface area contributed by atoms with Gasteiger partial charge in [-0.25, -0.2) is 0 Å². The van der Waals surface area contributed by atoms with Gasteiger partial charge in [-0.05, 0) is 81.7 Å². The van der Waals surface area contributed by atoms with Gasteiger partial charge in [0.25, 0.3) is 0 Å². The van der Waals surface area contributed by atoms with Gasteiger partial charge in [0.1, 0.15) is 0 Å². The van der Waals surface area contributed by atoms with Crippen LogP contribution >= 0.6 is 11.8 Å². The minimum absolute atomic E-state index is 0.208. The quantitative estimate of drug-likeness (QED) is 0.419. The summed E-state index contributed by atoms with van der Waals surface area (Å²) in [6.45, 7) is 7.26. The number of benzene rings is 2. The zero-order valence-electron chi connectivity index (χ0n) is 21.5. The van der Waals surface area contributed by atoms with E-state index in [4.69, 9.17) is 0 Å². The predicted octanol–water partition coefficient (Wildman–Crippen LogP) is 6.19. The number of halogens is 3. The molecule has 3 heterocycles. The van der Waals surface area contributed by atoms with E-state index in [0.29, 0.717) is 18.2 Å². The number of hydrogen-bond acceptors (Lipinski definition) is 5. The highest BCUT2D eigenvalue weighted by atomic mass is 32.2. The number of hydrogen-bond donors (Lipinski definition) is 1. The van der Waals surface area contributed by atoms with Crippen LogP contribution < -0.4 is 10.2 Å². The smallest absolute Gasteiger partial charge is 0.382 e. The molecule has 3 aliphatic rings. The second kappa shape index (κ2) is 10.5. The molecular weight excluding hydrogens is 481 g/mol. The zero-order chi connectivity index (χ0) is 25.4. The van der Waals surface area contributed by atoms with Gasteiger partial charge in [0, 0.05) is 65.8 Å². The number of fused-ring (bicyclic) bond motifs is 2. The van der Waals surface area contributed by atoms with Crippen LogP contribution in [0.2, 0.25) is 0 Å². The Morgan fingerprint density at radius 2 is 1.81 bits per heavy atom. The number of piperidine rings is 1. The summed E-state index contributed by atoms with van der Waals surface area (Å²) < 4.78 is 41.6. The summed E-state index contributed by atoms with van der Waals surface area (Å²) in [5.41, 5.74) is 3.45. The van der Waals surface area contributed by atoms with E-state index >= 15 is 0 Å². The van der Waals surface area contributed by atoms with Crippen molar-refractivity contribution in [2.45, 2.75) is 67.1 Å². The lowest BCUT2D eigenvalue weighted by Crippen LogP contribution is -2.39. The fourth-order valence-electron chi connectivity index (χ4n) is 5.74. The Labute approximate surface area is 217 Å². The van der Waals surface area contributed by atoms with Crippen molar-refractivity contribution in [2.24, 2.45) is 0 Å². The van der Waals surface area contributed by atoms with Gasteiger partial charge in [-0.15, -0.1) is 0 Å². The molecule has 0 saturated carbocycles. The molecule has 0 spiro atoms. The average molecular weight is 519 g/mol. The Balaban J connectivity index is 1.39. The predicted molar refractivity (Wildman–Crippen MR) is 142 cm³/mol. The van der Waals surface area contributed by atoms with Crippen molar-refractivity contribution >= 4 is 23.1 Å². The van der Waals surface area contributed by atoms with E-state index in [-0.39, 0.29) is 6.04 Å². The van der Waals surface area contributed by atoms with Crippen molar-refractivity contribution in [1.29, 1.82) is 0 Å². The maximum atomic E-state index is 13.9. The SMILES string of the molecule is CCCN1CCC(Nc2cc(C(F)(F)F)cc3c2Cc2ccc(N4CCC(N(C)C)C4)cc2S3)CC1. The molecule has 36 heavy (non-hydrogen) atoms. The van der Waals surface area contributed by atoms with Gasteiger partial charge in [0.2, 0.25) is 0 Å². The topological polar surface area (TPSA) is 21.8 Å². The Morgan fingerprint density at radius 3 is 2.47 bits per heavy atom. The molecule has 0 aromatic heterocycles. The molecule has 1 unspecified atom stereocenters. The first kappa shape index (κ1) is 25.7. The standard InChI is InChI=1S/C28H37F3N4S/c1-4-10-34-11-7-21(8-12-34)32-25-15-20(28(29,30)31)16-27-24(25)14-19-5-6-22(17-26(19)36-27)35-13-9-23(18-35)33(2)3/h5-6,15-17,21,23,32H,4,7-14,18H2,1-3H3. The summed E-state index contributed by atoms with van der Waals surface area (Å²) in [4.78, 5) is 8.92. The summed E-state index contributed by atoms with van der Waals surface area (Å²) >= 11 is 1.49. The fraction of sp³-hybridized carbons (Fsp3) is 0.571. The maximum Gasteiger partial charge on any atom is 0.416 e. The highest BCUT2D eigenvalue weighted by Crippen LogP contribution is 2.46. The van der Waals surface area contributed by atoms with E-state index in [1.807, 2.05) is 0 Å². The lowest BCUT2D eigenvalue weighted by Gasteiger charge is -2.34. The van der Waals surface area contributed by atoms with Crippen LogP contribution in [0.1, 0.15) is 49.3 Å². The zero-order valence-corrected chi connectivity index (χ0v) is 22.3. The van der Waals surface area contributed by atoms with Crippen LogP contribution in [0.3, 0.4) is 0 Å². The third-order valence-corrected chi connectivity index (χ3v) is 9.10. The third-order valence-electron chi connectivity index (χ3n) is 7.92. The first-order chi connectivity index (χ1) is 17.2. The van der Waals surface area contributed by atoms with E-state index in [1.54, 1.807) is 0 Å². The molecule has 0 radical (unpaired) electrons. The van der Waals surface area contributed by atoms with Crippen LogP contribution in [0.25, 0.3) is 0 Å². The average Bonchev–Trinajstić information content (AvgIpc) is 3.34. The minimum Gasteiger partial charge on any atom is -0.382 e. The Hall–Kier alpha value is -1.90. The van der Waals surface area contributed by atoms with Gasteiger partial charge in [0.15, 0.2) is 0 Å². The third kappa shape index (κ3) is 5.50. The molecule has 4 nitrogen and oxygen atoms in total. The second-order valence-corrected chi connectivity index (χ2v) is 11.8. The highest BCUT2D eigenvalue weighted by Gasteiger charge is 2.34. The van der Waals surface area contributed by atoms with Crippen LogP contribution in [0.4, 0.5) is 24.5 Å². The molecule has 5 rings (SSSR count). The second-order valence-electron chi connectivity index (χ2n) is 10.7. The molecule has 3 aliphatic heterocycles. The van der Waals surface area contributed by atoms with Crippen LogP contribution in [0.5, 0.6) is 0 Å². The molecule has 0 amide bonds. The number of nitrogens with zero attached hydrogens (tertiary/aromatic N) is 3. The lowest BCUT2D eigenvalue weighted by molar-refractivity contribution is -0.137. The van der Waals surface area contributed by atoms with Gasteiger partial charge in [0.05, 0.1) is 5.56 Å². The van der Waals surface area contributed by atoms with Crippen LogP contribution in [-0.4, -0.2) is 68.7 Å². The lowest BCUT2D eigenvalue weighted by atomic mass is 9.98. The molecule has 8 heteroatoms. The summed E-state index contributed by atoms with van der Waals surface area (Å²) in [7, 11) is 4.23. The molecule has 0 aliphatic carbocycles. The molecule has 2 aromatic carbocycles. The van der Waals surface area contributed by atoms with Gasteiger partial charge < -0.3 is 20.0 Å². The molecule has 2 saturated heterocycles. The normalized spacial score (nSPS) is 21.1. The van der Waals surface area contributed by atoms with Crippen molar-refractivity contribution in [1.82, 2.24) is 9.80 Å². The Kier molecular flexibility index (Phi) is 7.48. The van der Waals surface area contributed by atoms with E-state index in [0.717, 1.165) is 73.8 Å². The molecule has 1 atom stereocenters. The fourth-order valence-corrected chi connectivity index (χ4v) is 6.92. The van der Waals surface area contributed by atoms with Gasteiger partial charge in [-0.2, -0.15) is 13.2 Å². The van der Waals surface area contributed by atoms with E-state index in [1.165, 1.54) is 35.1 Å². The highest BCUT2D eigenvalue weighted by molar-refractivity contribution is 7.99. The number of likely N-dealkylation sites (tertiary alicyclic amines) is 1. The summed E-state index contributed by atoms with van der Waals surface area (Å²) in [6.07, 6.45) is 0.472. The molecular formula is C28H37F3N4S. The maximum absolute atomic E-state index is 13.9. The van der Waals surface area contributed by atoms with Gasteiger partial charge >= 0.3 is 6.18 Å².